The molecule has 1 aromatic heterocycles. The molecular weight excluding hydrogens is 196 g/mol. The highest BCUT2D eigenvalue weighted by atomic mass is 14.9. The van der Waals surface area contributed by atoms with Crippen molar-refractivity contribution in [2.75, 3.05) is 6.54 Å². The molecule has 0 aromatic carbocycles. The molecule has 2 heteroatoms. The van der Waals surface area contributed by atoms with Crippen LogP contribution in [0, 0.1) is 5.92 Å². The van der Waals surface area contributed by atoms with Gasteiger partial charge in [0.05, 0.1) is 0 Å². The maximum atomic E-state index is 4.19. The number of nitrogens with one attached hydrogen (secondary N) is 1. The van der Waals surface area contributed by atoms with Gasteiger partial charge >= 0.3 is 0 Å². The van der Waals surface area contributed by atoms with Gasteiger partial charge in [0, 0.05) is 18.4 Å². The van der Waals surface area contributed by atoms with Crippen LogP contribution in [0.25, 0.3) is 0 Å². The second-order valence-corrected chi connectivity index (χ2v) is 4.82. The Hall–Kier alpha value is -0.890. The van der Waals surface area contributed by atoms with Crippen molar-refractivity contribution in [2.24, 2.45) is 5.92 Å². The van der Waals surface area contributed by atoms with Crippen LogP contribution in [0.4, 0.5) is 0 Å². The molecule has 1 fully saturated rings. The van der Waals surface area contributed by atoms with Gasteiger partial charge < -0.3 is 5.32 Å². The molecule has 0 spiro atoms. The van der Waals surface area contributed by atoms with Gasteiger partial charge in [-0.25, -0.2) is 0 Å². The minimum absolute atomic E-state index is 0.665. The van der Waals surface area contributed by atoms with E-state index >= 15 is 0 Å². The van der Waals surface area contributed by atoms with Crippen molar-refractivity contribution in [3.63, 3.8) is 0 Å². The van der Waals surface area contributed by atoms with Crippen molar-refractivity contribution in [3.8, 4) is 0 Å². The number of hydrogen-bond donors (Lipinski definition) is 1. The van der Waals surface area contributed by atoms with Gasteiger partial charge in [0.2, 0.25) is 0 Å². The Morgan fingerprint density at radius 1 is 1.50 bits per heavy atom. The van der Waals surface area contributed by atoms with E-state index in [1.165, 1.54) is 31.2 Å². The fourth-order valence-corrected chi connectivity index (χ4v) is 2.35. The van der Waals surface area contributed by atoms with Crippen LogP contribution >= 0.6 is 0 Å². The second kappa shape index (κ2) is 6.00. The first kappa shape index (κ1) is 11.6. The third-order valence-electron chi connectivity index (χ3n) is 3.55. The summed E-state index contributed by atoms with van der Waals surface area (Å²) in [5, 5.41) is 3.69. The zero-order valence-electron chi connectivity index (χ0n) is 10.2. The van der Waals surface area contributed by atoms with Gasteiger partial charge in [0.25, 0.3) is 0 Å². The van der Waals surface area contributed by atoms with Crippen LogP contribution < -0.4 is 5.32 Å². The highest BCUT2D eigenvalue weighted by Gasteiger charge is 2.26. The zero-order valence-corrected chi connectivity index (χ0v) is 10.2. The van der Waals surface area contributed by atoms with Gasteiger partial charge in [0.15, 0.2) is 0 Å². The third-order valence-corrected chi connectivity index (χ3v) is 3.55. The van der Waals surface area contributed by atoms with E-state index in [1.807, 2.05) is 18.5 Å². The predicted octanol–water partition coefficient (Wildman–Crippen LogP) is 2.79. The lowest BCUT2D eigenvalue weighted by Crippen LogP contribution is -2.41. The van der Waals surface area contributed by atoms with Crippen LogP contribution in [0.3, 0.4) is 0 Å². The Morgan fingerprint density at radius 3 is 2.94 bits per heavy atom. The number of nitrogens with zero attached hydrogens (tertiary/aromatic N) is 1. The van der Waals surface area contributed by atoms with Gasteiger partial charge in [-0.05, 0) is 49.8 Å². The second-order valence-electron chi connectivity index (χ2n) is 4.82. The molecule has 16 heavy (non-hydrogen) atoms. The van der Waals surface area contributed by atoms with Crippen molar-refractivity contribution < 1.29 is 0 Å². The van der Waals surface area contributed by atoms with E-state index in [9.17, 15) is 0 Å². The molecule has 0 saturated heterocycles. The van der Waals surface area contributed by atoms with Crippen LogP contribution in [0.5, 0.6) is 0 Å². The monoisotopic (exact) mass is 218 g/mol. The van der Waals surface area contributed by atoms with Crippen molar-refractivity contribution >= 4 is 0 Å². The Labute approximate surface area is 98.5 Å². The van der Waals surface area contributed by atoms with E-state index in [0.717, 1.165) is 18.9 Å². The molecule has 88 valence electrons. The largest absolute Gasteiger partial charge is 0.313 e. The lowest BCUT2D eigenvalue weighted by atomic mass is 9.77. The maximum absolute atomic E-state index is 4.19. The molecular formula is C14H22N2. The third kappa shape index (κ3) is 3.05. The van der Waals surface area contributed by atoms with Gasteiger partial charge in [-0.15, -0.1) is 0 Å². The average Bonchev–Trinajstić information content (AvgIpc) is 2.25. The molecule has 0 amide bonds. The zero-order chi connectivity index (χ0) is 11.2. The fraction of sp³-hybridized carbons (Fsp3) is 0.643. The van der Waals surface area contributed by atoms with Gasteiger partial charge in [-0.2, -0.15) is 0 Å². The summed E-state index contributed by atoms with van der Waals surface area (Å²) in [6, 6.07) is 4.89. The minimum Gasteiger partial charge on any atom is -0.313 e. The quantitative estimate of drug-likeness (QED) is 0.794. The molecule has 2 nitrogen and oxygen atoms in total. The van der Waals surface area contributed by atoms with Crippen molar-refractivity contribution in [1.29, 1.82) is 0 Å². The van der Waals surface area contributed by atoms with Crippen LogP contribution in [-0.4, -0.2) is 17.6 Å². The first-order chi connectivity index (χ1) is 7.90. The van der Waals surface area contributed by atoms with Crippen molar-refractivity contribution in [2.45, 2.75) is 45.1 Å². The molecule has 1 N–H and O–H groups in total. The molecule has 1 atom stereocenters. The fourth-order valence-electron chi connectivity index (χ4n) is 2.35. The standard InChI is InChI=1S/C14H22N2/c1-2-8-16-14(13-6-3-7-13)10-12-5-4-9-15-11-12/h4-5,9,11,13-14,16H,2-3,6-8,10H2,1H3. The summed E-state index contributed by atoms with van der Waals surface area (Å²) >= 11 is 0. The molecule has 1 aromatic rings. The Bertz CT molecular complexity index is 293. The van der Waals surface area contributed by atoms with Gasteiger partial charge in [0.1, 0.15) is 0 Å². The summed E-state index contributed by atoms with van der Waals surface area (Å²) in [5.74, 6) is 0.895. The molecule has 1 unspecified atom stereocenters. The first-order valence-electron chi connectivity index (χ1n) is 6.52. The SMILES string of the molecule is CCCNC(Cc1cccnc1)C1CCC1. The molecule has 1 saturated carbocycles. The highest BCUT2D eigenvalue weighted by Crippen LogP contribution is 2.31. The number of rotatable bonds is 6. The van der Waals surface area contributed by atoms with E-state index in [4.69, 9.17) is 0 Å². The first-order valence-corrected chi connectivity index (χ1v) is 6.52. The summed E-state index contributed by atoms with van der Waals surface area (Å²) in [7, 11) is 0. The van der Waals surface area contributed by atoms with E-state index in [2.05, 4.69) is 23.3 Å². The van der Waals surface area contributed by atoms with Gasteiger partial charge in [-0.1, -0.05) is 19.4 Å². The highest BCUT2D eigenvalue weighted by molar-refractivity contribution is 5.11. The summed E-state index contributed by atoms with van der Waals surface area (Å²) < 4.78 is 0. The summed E-state index contributed by atoms with van der Waals surface area (Å²) in [6.45, 7) is 3.37. The van der Waals surface area contributed by atoms with E-state index in [0.29, 0.717) is 6.04 Å². The summed E-state index contributed by atoms with van der Waals surface area (Å²) in [6.07, 6.45) is 10.4. The molecule has 1 aliphatic carbocycles. The van der Waals surface area contributed by atoms with Crippen LogP contribution in [-0.2, 0) is 6.42 Å². The summed E-state index contributed by atoms with van der Waals surface area (Å²) in [4.78, 5) is 4.19. The lowest BCUT2D eigenvalue weighted by Gasteiger charge is -2.34. The Balaban J connectivity index is 1.90. The van der Waals surface area contributed by atoms with Crippen molar-refractivity contribution in [1.82, 2.24) is 10.3 Å². The molecule has 2 rings (SSSR count). The molecule has 1 heterocycles. The van der Waals surface area contributed by atoms with Crippen molar-refractivity contribution in [3.05, 3.63) is 30.1 Å². The molecule has 0 aliphatic heterocycles. The number of pyridine rings is 1. The topological polar surface area (TPSA) is 24.9 Å². The molecule has 0 radical (unpaired) electrons. The van der Waals surface area contributed by atoms with E-state index in [-0.39, 0.29) is 0 Å². The Kier molecular flexibility index (Phi) is 4.34. The van der Waals surface area contributed by atoms with Crippen LogP contribution in [0.1, 0.15) is 38.2 Å². The number of aromatic nitrogens is 1. The van der Waals surface area contributed by atoms with E-state index in [1.54, 1.807) is 0 Å². The summed E-state index contributed by atoms with van der Waals surface area (Å²) in [5.41, 5.74) is 1.36. The molecule has 0 bridgehead atoms. The maximum Gasteiger partial charge on any atom is 0.0300 e. The molecule has 1 aliphatic rings. The normalized spacial score (nSPS) is 18.1. The minimum atomic E-state index is 0.665. The average molecular weight is 218 g/mol. The van der Waals surface area contributed by atoms with Crippen LogP contribution in [0.2, 0.25) is 0 Å². The smallest absolute Gasteiger partial charge is 0.0300 e. The lowest BCUT2D eigenvalue weighted by molar-refractivity contribution is 0.227. The number of hydrogen-bond acceptors (Lipinski definition) is 2. The van der Waals surface area contributed by atoms with Crippen LogP contribution in [0.15, 0.2) is 24.5 Å². The van der Waals surface area contributed by atoms with Gasteiger partial charge in [-0.3, -0.25) is 4.98 Å². The Morgan fingerprint density at radius 2 is 2.38 bits per heavy atom. The van der Waals surface area contributed by atoms with E-state index < -0.39 is 0 Å². The predicted molar refractivity (Wildman–Crippen MR) is 67.4 cm³/mol.